The van der Waals surface area contributed by atoms with E-state index in [1.165, 1.54) is 0 Å². The van der Waals surface area contributed by atoms with E-state index in [0.717, 1.165) is 75.7 Å². The first-order valence-electron chi connectivity index (χ1n) is 15.9. The molecule has 0 amide bonds. The fraction of sp³-hybridized carbons (Fsp3) is 0. The lowest BCUT2D eigenvalue weighted by Crippen LogP contribution is -2.14. The number of aromatic nitrogens is 4. The van der Waals surface area contributed by atoms with Crippen molar-refractivity contribution in [3.05, 3.63) is 144 Å². The second kappa shape index (κ2) is 9.73. The highest BCUT2D eigenvalue weighted by Gasteiger charge is 2.37. The Labute approximate surface area is 287 Å². The highest BCUT2D eigenvalue weighted by molar-refractivity contribution is 8.08. The summed E-state index contributed by atoms with van der Waals surface area (Å²) >= 11 is 3.27. The number of para-hydroxylation sites is 4. The standard InChI is InChI=1S/C40H24N4O2S3/c45-49(46)35(43-31-17-7-3-13-27(31)37-25-11-1-5-15-29(25)41(39(37)43)33-19-9-23-47-33)21-22-36(49)44-32-18-8-4-14-28(32)38-26-12-2-6-16-30(26)42(40(38)44)34-20-10-24-48-34/h1-24H. The molecule has 6 nitrogen and oxygen atoms in total. The number of thiophene rings is 2. The van der Waals surface area contributed by atoms with Crippen molar-refractivity contribution in [3.8, 4) is 10.0 Å². The molecular formula is C40H24N4O2S3. The lowest BCUT2D eigenvalue weighted by molar-refractivity contribution is 0.612. The van der Waals surface area contributed by atoms with Gasteiger partial charge in [-0.1, -0.05) is 72.8 Å². The van der Waals surface area contributed by atoms with E-state index < -0.39 is 9.84 Å². The Morgan fingerprint density at radius 2 is 0.755 bits per heavy atom. The van der Waals surface area contributed by atoms with Crippen molar-refractivity contribution < 1.29 is 8.42 Å². The molecule has 0 saturated carbocycles. The van der Waals surface area contributed by atoms with E-state index in [0.29, 0.717) is 0 Å². The highest BCUT2D eigenvalue weighted by Crippen LogP contribution is 2.47. The van der Waals surface area contributed by atoms with Crippen LogP contribution >= 0.6 is 22.7 Å². The third kappa shape index (κ3) is 3.46. The number of allylic oxidation sites excluding steroid dienone is 2. The zero-order valence-electron chi connectivity index (χ0n) is 25.7. The van der Waals surface area contributed by atoms with E-state index in [2.05, 4.69) is 68.4 Å². The summed E-state index contributed by atoms with van der Waals surface area (Å²) in [6.45, 7) is 0. The molecule has 0 N–H and O–H groups in total. The molecule has 0 fully saturated rings. The van der Waals surface area contributed by atoms with Crippen molar-refractivity contribution in [2.45, 2.75) is 0 Å². The summed E-state index contributed by atoms with van der Waals surface area (Å²) in [7, 11) is -4.06. The summed E-state index contributed by atoms with van der Waals surface area (Å²) < 4.78 is 38.9. The average Bonchev–Trinajstić information content (AvgIpc) is 3.98. The SMILES string of the molecule is O=S1(=O)C(n2c3ccccc3c3c4ccccc4n(-c4cccs4)c32)=CC=C1n1c2ccccc2c2c3ccccc3n(-c3cccs3)c21. The Kier molecular flexibility index (Phi) is 5.43. The van der Waals surface area contributed by atoms with Crippen LogP contribution in [0.25, 0.3) is 85.7 Å². The van der Waals surface area contributed by atoms with Gasteiger partial charge in [0.2, 0.25) is 9.84 Å². The molecule has 49 heavy (non-hydrogen) atoms. The summed E-state index contributed by atoms with van der Waals surface area (Å²) in [6.07, 6.45) is 3.57. The molecule has 9 heteroatoms. The quantitative estimate of drug-likeness (QED) is 0.185. The van der Waals surface area contributed by atoms with Gasteiger partial charge in [0.05, 0.1) is 22.1 Å². The van der Waals surface area contributed by atoms with Crippen LogP contribution in [-0.4, -0.2) is 26.7 Å². The van der Waals surface area contributed by atoms with Crippen LogP contribution in [0.15, 0.2) is 144 Å². The van der Waals surface area contributed by atoms with Gasteiger partial charge in [0, 0.05) is 32.3 Å². The molecule has 10 aromatic rings. The maximum absolute atomic E-state index is 15.3. The third-order valence-electron chi connectivity index (χ3n) is 9.76. The third-order valence-corrected chi connectivity index (χ3v) is 13.2. The maximum atomic E-state index is 15.3. The monoisotopic (exact) mass is 688 g/mol. The number of rotatable bonds is 4. The first kappa shape index (κ1) is 27.4. The van der Waals surface area contributed by atoms with Gasteiger partial charge in [-0.2, -0.15) is 0 Å². The minimum absolute atomic E-state index is 0.235. The molecule has 0 saturated heterocycles. The van der Waals surface area contributed by atoms with E-state index in [-0.39, 0.29) is 10.1 Å². The molecule has 6 aromatic heterocycles. The lowest BCUT2D eigenvalue weighted by Gasteiger charge is -2.16. The summed E-state index contributed by atoms with van der Waals surface area (Å²) in [5, 5.41) is 12.9. The first-order valence-corrected chi connectivity index (χ1v) is 19.2. The fourth-order valence-electron chi connectivity index (χ4n) is 7.90. The van der Waals surface area contributed by atoms with Crippen LogP contribution in [-0.2, 0) is 9.84 Å². The number of hydrogen-bond acceptors (Lipinski definition) is 4. The van der Waals surface area contributed by atoms with Crippen LogP contribution < -0.4 is 0 Å². The molecular weight excluding hydrogens is 665 g/mol. The molecule has 11 rings (SSSR count). The Balaban J connectivity index is 1.23. The molecule has 1 aliphatic rings. The summed E-state index contributed by atoms with van der Waals surface area (Å²) in [6, 6.07) is 41.2. The van der Waals surface area contributed by atoms with Crippen LogP contribution in [0, 0.1) is 0 Å². The second-order valence-corrected chi connectivity index (χ2v) is 15.9. The van der Waals surface area contributed by atoms with Gasteiger partial charge < -0.3 is 0 Å². The molecule has 0 unspecified atom stereocenters. The molecule has 7 heterocycles. The van der Waals surface area contributed by atoms with E-state index in [4.69, 9.17) is 0 Å². The van der Waals surface area contributed by atoms with Gasteiger partial charge in [-0.3, -0.25) is 18.3 Å². The summed E-state index contributed by atoms with van der Waals surface area (Å²) in [4.78, 5) is 0. The largest absolute Gasteiger partial charge is 0.286 e. The van der Waals surface area contributed by atoms with E-state index in [1.54, 1.807) is 34.8 Å². The Morgan fingerprint density at radius 3 is 1.10 bits per heavy atom. The predicted octanol–water partition coefficient (Wildman–Crippen LogP) is 10.6. The van der Waals surface area contributed by atoms with Crippen molar-refractivity contribution in [2.24, 2.45) is 0 Å². The van der Waals surface area contributed by atoms with Crippen LogP contribution in [0.4, 0.5) is 0 Å². The number of sulfone groups is 1. The number of benzene rings is 4. The zero-order chi connectivity index (χ0) is 32.4. The van der Waals surface area contributed by atoms with Crippen LogP contribution in [0.3, 0.4) is 0 Å². The fourth-order valence-corrected chi connectivity index (χ4v) is 10.9. The van der Waals surface area contributed by atoms with Gasteiger partial charge in [-0.15, -0.1) is 22.7 Å². The smallest absolute Gasteiger partial charge is 0.238 e. The van der Waals surface area contributed by atoms with E-state index in [1.807, 2.05) is 81.9 Å². The molecule has 4 aromatic carbocycles. The summed E-state index contributed by atoms with van der Waals surface area (Å²) in [5.41, 5.74) is 5.45. The molecule has 0 atom stereocenters. The minimum atomic E-state index is -4.06. The Bertz CT molecular complexity index is 2960. The molecule has 0 radical (unpaired) electrons. The van der Waals surface area contributed by atoms with Gasteiger partial charge >= 0.3 is 0 Å². The van der Waals surface area contributed by atoms with Crippen molar-refractivity contribution in [2.75, 3.05) is 0 Å². The molecule has 0 spiro atoms. The lowest BCUT2D eigenvalue weighted by atomic mass is 10.1. The van der Waals surface area contributed by atoms with Gasteiger partial charge in [0.25, 0.3) is 0 Å². The summed E-state index contributed by atoms with van der Waals surface area (Å²) in [5.74, 6) is 0. The highest BCUT2D eigenvalue weighted by atomic mass is 32.2. The second-order valence-electron chi connectivity index (χ2n) is 12.2. The number of hydrogen-bond donors (Lipinski definition) is 0. The first-order chi connectivity index (χ1) is 24.1. The Morgan fingerprint density at radius 1 is 0.408 bits per heavy atom. The normalized spacial score (nSPS) is 14.7. The van der Waals surface area contributed by atoms with Crippen molar-refractivity contribution >= 4 is 108 Å². The topological polar surface area (TPSA) is 53.9 Å². The van der Waals surface area contributed by atoms with Crippen molar-refractivity contribution in [3.63, 3.8) is 0 Å². The molecule has 234 valence electrons. The van der Waals surface area contributed by atoms with Crippen LogP contribution in [0.2, 0.25) is 0 Å². The number of nitrogens with zero attached hydrogens (tertiary/aromatic N) is 4. The Hall–Kier alpha value is -5.61. The van der Waals surface area contributed by atoms with Gasteiger partial charge in [0.1, 0.15) is 31.4 Å². The molecule has 0 aliphatic carbocycles. The molecule has 0 bridgehead atoms. The van der Waals surface area contributed by atoms with Gasteiger partial charge in [-0.05, 0) is 71.4 Å². The molecule has 1 aliphatic heterocycles. The van der Waals surface area contributed by atoms with Gasteiger partial charge in [0.15, 0.2) is 0 Å². The van der Waals surface area contributed by atoms with E-state index in [9.17, 15) is 0 Å². The van der Waals surface area contributed by atoms with Crippen LogP contribution in [0.5, 0.6) is 0 Å². The van der Waals surface area contributed by atoms with Crippen molar-refractivity contribution in [1.82, 2.24) is 18.3 Å². The average molecular weight is 689 g/mol. The van der Waals surface area contributed by atoms with Gasteiger partial charge in [-0.25, -0.2) is 8.42 Å². The minimum Gasteiger partial charge on any atom is -0.286 e. The number of fused-ring (bicyclic) bond motifs is 10. The zero-order valence-corrected chi connectivity index (χ0v) is 28.1. The maximum Gasteiger partial charge on any atom is 0.238 e. The van der Waals surface area contributed by atoms with Crippen LogP contribution in [0.1, 0.15) is 0 Å². The van der Waals surface area contributed by atoms with E-state index >= 15 is 8.42 Å². The predicted molar refractivity (Wildman–Crippen MR) is 206 cm³/mol. The van der Waals surface area contributed by atoms with Crippen molar-refractivity contribution in [1.29, 1.82) is 0 Å².